The SMILES string of the molecule is CC[C@H](O)[C@H](N)C(C)=O. The Balaban J connectivity index is 3.72. The number of carbonyl (C=O) groups is 1. The molecule has 0 aliphatic carbocycles. The molecule has 0 aromatic heterocycles. The van der Waals surface area contributed by atoms with Gasteiger partial charge < -0.3 is 10.8 Å². The van der Waals surface area contributed by atoms with Gasteiger partial charge in [0.15, 0.2) is 0 Å². The molecule has 0 saturated carbocycles. The number of aliphatic hydroxyl groups excluding tert-OH is 1. The molecule has 0 amide bonds. The molecule has 0 radical (unpaired) electrons. The van der Waals surface area contributed by atoms with E-state index in [1.807, 2.05) is 0 Å². The predicted octanol–water partition coefficient (Wildman–Crippen LogP) is -0.326. The Morgan fingerprint density at radius 1 is 1.78 bits per heavy atom. The summed E-state index contributed by atoms with van der Waals surface area (Å²) in [6, 6.07) is -0.699. The molecule has 0 aromatic rings. The summed E-state index contributed by atoms with van der Waals surface area (Å²) in [6.07, 6.45) is -0.150. The molecule has 0 fully saturated rings. The van der Waals surface area contributed by atoms with Crippen molar-refractivity contribution in [2.45, 2.75) is 32.4 Å². The van der Waals surface area contributed by atoms with Crippen molar-refractivity contribution < 1.29 is 9.90 Å². The highest BCUT2D eigenvalue weighted by atomic mass is 16.3. The maximum absolute atomic E-state index is 10.5. The van der Waals surface area contributed by atoms with Crippen molar-refractivity contribution >= 4 is 5.78 Å². The van der Waals surface area contributed by atoms with Crippen molar-refractivity contribution in [3.8, 4) is 0 Å². The Morgan fingerprint density at radius 2 is 2.22 bits per heavy atom. The van der Waals surface area contributed by atoms with Gasteiger partial charge in [-0.15, -0.1) is 0 Å². The second-order valence-corrected chi connectivity index (χ2v) is 2.11. The zero-order valence-electron chi connectivity index (χ0n) is 5.79. The maximum Gasteiger partial charge on any atom is 0.149 e. The molecular weight excluding hydrogens is 118 g/mol. The van der Waals surface area contributed by atoms with E-state index in [0.29, 0.717) is 6.42 Å². The van der Waals surface area contributed by atoms with E-state index in [-0.39, 0.29) is 5.78 Å². The lowest BCUT2D eigenvalue weighted by Gasteiger charge is -2.12. The summed E-state index contributed by atoms with van der Waals surface area (Å²) >= 11 is 0. The average Bonchev–Trinajstić information content (AvgIpc) is 1.84. The third-order valence-electron chi connectivity index (χ3n) is 1.30. The van der Waals surface area contributed by atoms with Gasteiger partial charge in [-0.25, -0.2) is 0 Å². The summed E-state index contributed by atoms with van der Waals surface area (Å²) in [5.74, 6) is -0.163. The van der Waals surface area contributed by atoms with Crippen LogP contribution in [0.2, 0.25) is 0 Å². The van der Waals surface area contributed by atoms with Crippen molar-refractivity contribution in [1.29, 1.82) is 0 Å². The quantitative estimate of drug-likeness (QED) is 0.551. The molecule has 0 heterocycles. The molecule has 0 rings (SSSR count). The Hall–Kier alpha value is -0.410. The monoisotopic (exact) mass is 131 g/mol. The van der Waals surface area contributed by atoms with Crippen molar-refractivity contribution in [2.75, 3.05) is 0 Å². The Kier molecular flexibility index (Phi) is 3.42. The van der Waals surface area contributed by atoms with Gasteiger partial charge in [0.2, 0.25) is 0 Å². The number of Topliss-reactive ketones (excluding diaryl/α,β-unsaturated/α-hetero) is 1. The third-order valence-corrected chi connectivity index (χ3v) is 1.30. The summed E-state index contributed by atoms with van der Waals surface area (Å²) in [7, 11) is 0. The van der Waals surface area contributed by atoms with Gasteiger partial charge in [0, 0.05) is 0 Å². The number of aliphatic hydroxyl groups is 1. The second kappa shape index (κ2) is 3.58. The maximum atomic E-state index is 10.5. The van der Waals surface area contributed by atoms with E-state index in [9.17, 15) is 4.79 Å². The molecule has 3 heteroatoms. The Morgan fingerprint density at radius 3 is 2.33 bits per heavy atom. The number of rotatable bonds is 3. The molecule has 0 bridgehead atoms. The van der Waals surface area contributed by atoms with Gasteiger partial charge in [-0.05, 0) is 13.3 Å². The minimum absolute atomic E-state index is 0.163. The van der Waals surface area contributed by atoms with Crippen LogP contribution in [0.15, 0.2) is 0 Å². The lowest BCUT2D eigenvalue weighted by atomic mass is 10.1. The van der Waals surface area contributed by atoms with Crippen LogP contribution in [0.3, 0.4) is 0 Å². The minimum Gasteiger partial charge on any atom is -0.391 e. The van der Waals surface area contributed by atoms with Crippen LogP contribution >= 0.6 is 0 Å². The highest BCUT2D eigenvalue weighted by Gasteiger charge is 2.15. The second-order valence-electron chi connectivity index (χ2n) is 2.11. The molecular formula is C6H13NO2. The molecule has 3 nitrogen and oxygen atoms in total. The zero-order chi connectivity index (χ0) is 7.44. The van der Waals surface area contributed by atoms with E-state index >= 15 is 0 Å². The van der Waals surface area contributed by atoms with Gasteiger partial charge in [0.05, 0.1) is 12.1 Å². The number of hydrogen-bond donors (Lipinski definition) is 2. The van der Waals surface area contributed by atoms with Gasteiger partial charge in [0.1, 0.15) is 5.78 Å². The van der Waals surface area contributed by atoms with E-state index in [1.165, 1.54) is 6.92 Å². The Bertz CT molecular complexity index is 103. The van der Waals surface area contributed by atoms with Crippen molar-refractivity contribution in [1.82, 2.24) is 0 Å². The first-order valence-electron chi connectivity index (χ1n) is 3.03. The highest BCUT2D eigenvalue weighted by molar-refractivity contribution is 5.81. The first-order chi connectivity index (χ1) is 4.09. The molecule has 3 N–H and O–H groups in total. The topological polar surface area (TPSA) is 63.3 Å². The van der Waals surface area contributed by atoms with Crippen molar-refractivity contribution in [3.63, 3.8) is 0 Å². The minimum atomic E-state index is -0.699. The molecule has 2 atom stereocenters. The largest absolute Gasteiger partial charge is 0.391 e. The van der Waals surface area contributed by atoms with E-state index in [0.717, 1.165) is 0 Å². The first-order valence-corrected chi connectivity index (χ1v) is 3.03. The van der Waals surface area contributed by atoms with Crippen LogP contribution < -0.4 is 5.73 Å². The predicted molar refractivity (Wildman–Crippen MR) is 35.0 cm³/mol. The molecule has 0 aromatic carbocycles. The summed E-state index contributed by atoms with van der Waals surface area (Å²) in [6.45, 7) is 3.16. The van der Waals surface area contributed by atoms with E-state index in [4.69, 9.17) is 10.8 Å². The van der Waals surface area contributed by atoms with Crippen molar-refractivity contribution in [3.05, 3.63) is 0 Å². The number of ketones is 1. The normalized spacial score (nSPS) is 16.9. The van der Waals surface area contributed by atoms with Crippen LogP contribution in [0.25, 0.3) is 0 Å². The van der Waals surface area contributed by atoms with Gasteiger partial charge in [-0.3, -0.25) is 4.79 Å². The summed E-state index contributed by atoms with van der Waals surface area (Å²) in [4.78, 5) is 10.5. The molecule has 0 saturated heterocycles. The lowest BCUT2D eigenvalue weighted by molar-refractivity contribution is -0.120. The summed E-state index contributed by atoms with van der Waals surface area (Å²) in [5.41, 5.74) is 5.27. The van der Waals surface area contributed by atoms with E-state index < -0.39 is 12.1 Å². The number of nitrogens with two attached hydrogens (primary N) is 1. The summed E-state index contributed by atoms with van der Waals surface area (Å²) < 4.78 is 0. The van der Waals surface area contributed by atoms with Gasteiger partial charge >= 0.3 is 0 Å². The fraction of sp³-hybridized carbons (Fsp3) is 0.833. The van der Waals surface area contributed by atoms with Crippen LogP contribution in [0, 0.1) is 0 Å². The standard InChI is InChI=1S/C6H13NO2/c1-3-5(9)6(7)4(2)8/h5-6,9H,3,7H2,1-2H3/t5-,6+/m0/s1. The van der Waals surface area contributed by atoms with Gasteiger partial charge in [0.25, 0.3) is 0 Å². The number of carbonyl (C=O) groups excluding carboxylic acids is 1. The van der Waals surface area contributed by atoms with Crippen LogP contribution in [0.1, 0.15) is 20.3 Å². The Labute approximate surface area is 54.9 Å². The van der Waals surface area contributed by atoms with Crippen LogP contribution in [-0.4, -0.2) is 23.0 Å². The summed E-state index contributed by atoms with van der Waals surface area (Å²) in [5, 5.41) is 8.95. The molecule has 9 heavy (non-hydrogen) atoms. The van der Waals surface area contributed by atoms with Crippen LogP contribution in [0.4, 0.5) is 0 Å². The average molecular weight is 131 g/mol. The molecule has 0 unspecified atom stereocenters. The highest BCUT2D eigenvalue weighted by Crippen LogP contribution is 1.95. The van der Waals surface area contributed by atoms with Crippen LogP contribution in [-0.2, 0) is 4.79 Å². The molecule has 0 aliphatic heterocycles. The van der Waals surface area contributed by atoms with Crippen molar-refractivity contribution in [2.24, 2.45) is 5.73 Å². The fourth-order valence-corrected chi connectivity index (χ4v) is 0.525. The molecule has 54 valence electrons. The zero-order valence-corrected chi connectivity index (χ0v) is 5.79. The number of hydrogen-bond acceptors (Lipinski definition) is 3. The molecule has 0 aliphatic rings. The van der Waals surface area contributed by atoms with Gasteiger partial charge in [-0.1, -0.05) is 6.92 Å². The van der Waals surface area contributed by atoms with Gasteiger partial charge in [-0.2, -0.15) is 0 Å². The lowest BCUT2D eigenvalue weighted by Crippen LogP contribution is -2.40. The smallest absolute Gasteiger partial charge is 0.149 e. The van der Waals surface area contributed by atoms with E-state index in [2.05, 4.69) is 0 Å². The van der Waals surface area contributed by atoms with Crippen LogP contribution in [0.5, 0.6) is 0 Å². The van der Waals surface area contributed by atoms with E-state index in [1.54, 1.807) is 6.92 Å². The molecule has 0 spiro atoms. The fourth-order valence-electron chi connectivity index (χ4n) is 0.525. The third kappa shape index (κ3) is 2.58. The first kappa shape index (κ1) is 8.59.